The third kappa shape index (κ3) is 4.13. The summed E-state index contributed by atoms with van der Waals surface area (Å²) in [5.41, 5.74) is 2.84. The van der Waals surface area contributed by atoms with Crippen molar-refractivity contribution in [2.45, 2.75) is 19.3 Å². The summed E-state index contributed by atoms with van der Waals surface area (Å²) in [6.45, 7) is 1.49. The van der Waals surface area contributed by atoms with Crippen molar-refractivity contribution in [2.24, 2.45) is 0 Å². The molecule has 1 aliphatic heterocycles. The van der Waals surface area contributed by atoms with E-state index in [0.29, 0.717) is 23.7 Å². The van der Waals surface area contributed by atoms with Crippen molar-refractivity contribution in [2.75, 3.05) is 23.7 Å². The molecule has 0 aliphatic carbocycles. The average molecular weight is 331 g/mol. The molecule has 0 radical (unpaired) electrons. The zero-order valence-corrected chi connectivity index (χ0v) is 13.5. The van der Waals surface area contributed by atoms with Crippen LogP contribution in [-0.4, -0.2) is 24.1 Å². The number of pyridine rings is 1. The summed E-state index contributed by atoms with van der Waals surface area (Å²) in [6, 6.07) is 11.0. The predicted molar refractivity (Wildman–Crippen MR) is 93.2 cm³/mol. The summed E-state index contributed by atoms with van der Waals surface area (Å²) in [7, 11) is 0. The van der Waals surface area contributed by atoms with E-state index in [1.807, 2.05) is 18.2 Å². The van der Waals surface area contributed by atoms with Crippen molar-refractivity contribution in [3.8, 4) is 0 Å². The number of nitrogens with one attached hydrogen (secondary N) is 3. The molecule has 2 heterocycles. The van der Waals surface area contributed by atoms with Gasteiger partial charge in [0.05, 0.1) is 10.7 Å². The molecule has 6 heteroatoms. The fraction of sp³-hybridized carbons (Fsp3) is 0.294. The van der Waals surface area contributed by atoms with Gasteiger partial charge in [-0.2, -0.15) is 0 Å². The standard InChI is InChI=1S/C17H19ClN4O/c18-14-5-1-2-6-15(14)22-17(23)20-11-9-13-8-7-12-4-3-10-19-16(12)21-13/h1-2,5-8H,3-4,9-11H2,(H,19,21)(H2,20,22,23). The number of halogens is 1. The number of rotatable bonds is 4. The molecule has 0 bridgehead atoms. The first-order valence-electron chi connectivity index (χ1n) is 7.74. The minimum Gasteiger partial charge on any atom is -0.370 e. The van der Waals surface area contributed by atoms with E-state index in [0.717, 1.165) is 30.9 Å². The molecule has 3 N–H and O–H groups in total. The van der Waals surface area contributed by atoms with E-state index in [4.69, 9.17) is 11.6 Å². The number of nitrogens with zero attached hydrogens (tertiary/aromatic N) is 1. The summed E-state index contributed by atoms with van der Waals surface area (Å²) in [4.78, 5) is 16.5. The lowest BCUT2D eigenvalue weighted by Crippen LogP contribution is -2.30. The second-order valence-corrected chi connectivity index (χ2v) is 5.86. The van der Waals surface area contributed by atoms with Crippen LogP contribution in [0.15, 0.2) is 36.4 Å². The molecular formula is C17H19ClN4O. The number of hydrogen-bond donors (Lipinski definition) is 3. The molecule has 2 amide bonds. The summed E-state index contributed by atoms with van der Waals surface area (Å²) in [6.07, 6.45) is 2.91. The van der Waals surface area contributed by atoms with Crippen LogP contribution in [0.5, 0.6) is 0 Å². The Labute approximate surface area is 140 Å². The van der Waals surface area contributed by atoms with Gasteiger partial charge in [0, 0.05) is 25.2 Å². The fourth-order valence-corrected chi connectivity index (χ4v) is 2.72. The van der Waals surface area contributed by atoms with Gasteiger partial charge >= 0.3 is 6.03 Å². The smallest absolute Gasteiger partial charge is 0.319 e. The second-order valence-electron chi connectivity index (χ2n) is 5.45. The van der Waals surface area contributed by atoms with Crippen molar-refractivity contribution in [3.05, 3.63) is 52.7 Å². The van der Waals surface area contributed by atoms with Crippen LogP contribution in [0, 0.1) is 0 Å². The monoisotopic (exact) mass is 330 g/mol. The Morgan fingerprint density at radius 1 is 1.26 bits per heavy atom. The van der Waals surface area contributed by atoms with Gasteiger partial charge in [0.15, 0.2) is 0 Å². The number of urea groups is 1. The molecule has 0 spiro atoms. The van der Waals surface area contributed by atoms with Crippen LogP contribution in [-0.2, 0) is 12.8 Å². The SMILES string of the molecule is O=C(NCCc1ccc2c(n1)NCCC2)Nc1ccccc1Cl. The highest BCUT2D eigenvalue weighted by molar-refractivity contribution is 6.33. The summed E-state index contributed by atoms with van der Waals surface area (Å²) < 4.78 is 0. The number of aromatic nitrogens is 1. The Balaban J connectivity index is 1.49. The lowest BCUT2D eigenvalue weighted by Gasteiger charge is -2.17. The molecule has 1 aromatic heterocycles. The highest BCUT2D eigenvalue weighted by Crippen LogP contribution is 2.20. The van der Waals surface area contributed by atoms with Crippen LogP contribution in [0.4, 0.5) is 16.3 Å². The van der Waals surface area contributed by atoms with Gasteiger partial charge in [0.2, 0.25) is 0 Å². The van der Waals surface area contributed by atoms with Crippen LogP contribution >= 0.6 is 11.6 Å². The largest absolute Gasteiger partial charge is 0.370 e. The number of benzene rings is 1. The van der Waals surface area contributed by atoms with Gasteiger partial charge in [-0.3, -0.25) is 0 Å². The normalized spacial score (nSPS) is 12.9. The minimum atomic E-state index is -0.269. The molecule has 23 heavy (non-hydrogen) atoms. The second kappa shape index (κ2) is 7.33. The third-order valence-electron chi connectivity index (χ3n) is 3.74. The van der Waals surface area contributed by atoms with Crippen LogP contribution in [0.1, 0.15) is 17.7 Å². The lowest BCUT2D eigenvalue weighted by molar-refractivity contribution is 0.252. The molecule has 1 aromatic carbocycles. The van der Waals surface area contributed by atoms with Crippen molar-refractivity contribution in [3.63, 3.8) is 0 Å². The van der Waals surface area contributed by atoms with Crippen LogP contribution < -0.4 is 16.0 Å². The highest BCUT2D eigenvalue weighted by atomic mass is 35.5. The predicted octanol–water partition coefficient (Wildman–Crippen LogP) is 3.46. The topological polar surface area (TPSA) is 66.0 Å². The number of carbonyl (C=O) groups excluding carboxylic acids is 1. The van der Waals surface area contributed by atoms with Crippen LogP contribution in [0.2, 0.25) is 5.02 Å². The number of hydrogen-bond acceptors (Lipinski definition) is 3. The first-order valence-corrected chi connectivity index (χ1v) is 8.12. The van der Waals surface area contributed by atoms with Gasteiger partial charge < -0.3 is 16.0 Å². The van der Waals surface area contributed by atoms with Gasteiger partial charge in [0.1, 0.15) is 5.82 Å². The van der Waals surface area contributed by atoms with Gasteiger partial charge in [-0.1, -0.05) is 29.8 Å². The van der Waals surface area contributed by atoms with Gasteiger partial charge in [-0.05, 0) is 36.6 Å². The molecule has 0 saturated carbocycles. The Bertz CT molecular complexity index is 705. The van der Waals surface area contributed by atoms with Crippen molar-refractivity contribution < 1.29 is 4.79 Å². The Hall–Kier alpha value is -2.27. The fourth-order valence-electron chi connectivity index (χ4n) is 2.54. The van der Waals surface area contributed by atoms with Crippen LogP contribution in [0.3, 0.4) is 0 Å². The first kappa shape index (κ1) is 15.6. The Morgan fingerprint density at radius 2 is 2.13 bits per heavy atom. The quantitative estimate of drug-likeness (QED) is 0.804. The molecule has 0 saturated heterocycles. The van der Waals surface area contributed by atoms with E-state index in [-0.39, 0.29) is 6.03 Å². The number of fused-ring (bicyclic) bond motifs is 1. The molecule has 2 aromatic rings. The van der Waals surface area contributed by atoms with E-state index >= 15 is 0 Å². The van der Waals surface area contributed by atoms with Crippen molar-refractivity contribution in [1.82, 2.24) is 10.3 Å². The van der Waals surface area contributed by atoms with E-state index in [1.165, 1.54) is 5.56 Å². The maximum absolute atomic E-state index is 11.9. The van der Waals surface area contributed by atoms with E-state index < -0.39 is 0 Å². The molecule has 120 valence electrons. The lowest BCUT2D eigenvalue weighted by atomic mass is 10.1. The molecule has 1 aliphatic rings. The molecule has 5 nitrogen and oxygen atoms in total. The molecule has 0 fully saturated rings. The maximum Gasteiger partial charge on any atom is 0.319 e. The molecule has 0 atom stereocenters. The van der Waals surface area contributed by atoms with Gasteiger partial charge in [0.25, 0.3) is 0 Å². The number of anilines is 2. The van der Waals surface area contributed by atoms with E-state index in [9.17, 15) is 4.79 Å². The van der Waals surface area contributed by atoms with Crippen molar-refractivity contribution in [1.29, 1.82) is 0 Å². The third-order valence-corrected chi connectivity index (χ3v) is 4.07. The Morgan fingerprint density at radius 3 is 3.00 bits per heavy atom. The number of aryl methyl sites for hydroxylation is 1. The van der Waals surface area contributed by atoms with E-state index in [1.54, 1.807) is 12.1 Å². The average Bonchev–Trinajstić information content (AvgIpc) is 2.57. The number of carbonyl (C=O) groups is 1. The number of amides is 2. The molecular weight excluding hydrogens is 312 g/mol. The van der Waals surface area contributed by atoms with Crippen LogP contribution in [0.25, 0.3) is 0 Å². The van der Waals surface area contributed by atoms with Crippen molar-refractivity contribution >= 4 is 29.1 Å². The summed E-state index contributed by atoms with van der Waals surface area (Å²) in [5.74, 6) is 0.981. The maximum atomic E-state index is 11.9. The number of para-hydroxylation sites is 1. The zero-order chi connectivity index (χ0) is 16.1. The Kier molecular flexibility index (Phi) is 4.98. The molecule has 0 unspecified atom stereocenters. The summed E-state index contributed by atoms with van der Waals surface area (Å²) >= 11 is 6.01. The molecule has 3 rings (SSSR count). The van der Waals surface area contributed by atoms with Gasteiger partial charge in [-0.15, -0.1) is 0 Å². The minimum absolute atomic E-state index is 0.269. The first-order chi connectivity index (χ1) is 11.2. The van der Waals surface area contributed by atoms with Gasteiger partial charge in [-0.25, -0.2) is 9.78 Å². The zero-order valence-electron chi connectivity index (χ0n) is 12.7. The summed E-state index contributed by atoms with van der Waals surface area (Å²) in [5, 5.41) is 9.38. The highest BCUT2D eigenvalue weighted by Gasteiger charge is 2.10. The van der Waals surface area contributed by atoms with E-state index in [2.05, 4.69) is 27.0 Å².